The van der Waals surface area contributed by atoms with Gasteiger partial charge in [0.25, 0.3) is 5.56 Å². The standard InChI is InChI=1S/C17H13Cl2N3O3/c1-2-25-15-12(18)7-10(8-13(15)19)9-20-22-16(23)11-5-3-4-6-14(11)21-17(22)24/h3-9H,2H2,1H3,(H,21,24). The molecule has 0 radical (unpaired) electrons. The lowest BCUT2D eigenvalue weighted by Gasteiger charge is -2.08. The number of nitrogens with one attached hydrogen (secondary N) is 1. The zero-order chi connectivity index (χ0) is 18.0. The van der Waals surface area contributed by atoms with Gasteiger partial charge in [-0.25, -0.2) is 4.79 Å². The summed E-state index contributed by atoms with van der Waals surface area (Å²) in [6, 6.07) is 9.88. The van der Waals surface area contributed by atoms with Crippen LogP contribution in [-0.2, 0) is 0 Å². The first kappa shape index (κ1) is 17.3. The van der Waals surface area contributed by atoms with Gasteiger partial charge in [0, 0.05) is 0 Å². The van der Waals surface area contributed by atoms with Crippen LogP contribution in [0.4, 0.5) is 0 Å². The van der Waals surface area contributed by atoms with Gasteiger partial charge in [0.15, 0.2) is 5.75 Å². The van der Waals surface area contributed by atoms with E-state index in [9.17, 15) is 9.59 Å². The molecule has 0 saturated carbocycles. The number of hydrogen-bond donors (Lipinski definition) is 1. The number of rotatable bonds is 4. The molecule has 8 heteroatoms. The molecular weight excluding hydrogens is 365 g/mol. The molecule has 0 spiro atoms. The summed E-state index contributed by atoms with van der Waals surface area (Å²) in [5.74, 6) is 0.378. The highest BCUT2D eigenvalue weighted by Gasteiger charge is 2.09. The van der Waals surface area contributed by atoms with Gasteiger partial charge < -0.3 is 9.72 Å². The number of benzene rings is 2. The molecule has 0 unspecified atom stereocenters. The van der Waals surface area contributed by atoms with Crippen LogP contribution in [0.3, 0.4) is 0 Å². The summed E-state index contributed by atoms with van der Waals surface area (Å²) in [5.41, 5.74) is -0.171. The zero-order valence-electron chi connectivity index (χ0n) is 13.1. The predicted octanol–water partition coefficient (Wildman–Crippen LogP) is 3.28. The molecule has 3 rings (SSSR count). The summed E-state index contributed by atoms with van der Waals surface area (Å²) in [6.45, 7) is 2.25. The average Bonchev–Trinajstić information content (AvgIpc) is 2.58. The van der Waals surface area contributed by atoms with Crippen molar-refractivity contribution in [2.24, 2.45) is 5.10 Å². The summed E-state index contributed by atoms with van der Waals surface area (Å²) >= 11 is 12.3. The molecule has 2 aromatic carbocycles. The lowest BCUT2D eigenvalue weighted by atomic mass is 10.2. The van der Waals surface area contributed by atoms with Gasteiger partial charge in [-0.3, -0.25) is 4.79 Å². The van der Waals surface area contributed by atoms with Gasteiger partial charge in [-0.05, 0) is 36.8 Å². The normalized spacial score (nSPS) is 11.3. The Morgan fingerprint density at radius 1 is 1.20 bits per heavy atom. The van der Waals surface area contributed by atoms with Crippen molar-refractivity contribution in [2.75, 3.05) is 6.61 Å². The Bertz CT molecular complexity index is 1060. The van der Waals surface area contributed by atoms with E-state index >= 15 is 0 Å². The number of H-pyrrole nitrogens is 1. The monoisotopic (exact) mass is 377 g/mol. The maximum atomic E-state index is 12.4. The van der Waals surface area contributed by atoms with E-state index in [0.29, 0.717) is 38.9 Å². The first-order valence-electron chi connectivity index (χ1n) is 7.41. The highest BCUT2D eigenvalue weighted by atomic mass is 35.5. The quantitative estimate of drug-likeness (QED) is 0.708. The Morgan fingerprint density at radius 3 is 2.56 bits per heavy atom. The van der Waals surface area contributed by atoms with Crippen LogP contribution in [0.2, 0.25) is 10.0 Å². The Labute approximate surface area is 152 Å². The SMILES string of the molecule is CCOc1c(Cl)cc(C=Nn2c(=O)[nH]c3ccccc3c2=O)cc1Cl. The maximum Gasteiger partial charge on any atom is 0.349 e. The molecule has 0 bridgehead atoms. The average molecular weight is 378 g/mol. The summed E-state index contributed by atoms with van der Waals surface area (Å²) in [6.07, 6.45) is 1.33. The van der Waals surface area contributed by atoms with Crippen molar-refractivity contribution < 1.29 is 4.74 Å². The van der Waals surface area contributed by atoms with Crippen LogP contribution in [0.5, 0.6) is 5.75 Å². The fourth-order valence-corrected chi connectivity index (χ4v) is 2.93. The molecule has 0 amide bonds. The topological polar surface area (TPSA) is 76.5 Å². The van der Waals surface area contributed by atoms with Crippen LogP contribution < -0.4 is 16.0 Å². The second-order valence-corrected chi connectivity index (χ2v) is 5.90. The van der Waals surface area contributed by atoms with Gasteiger partial charge in [0.05, 0.1) is 33.8 Å². The highest BCUT2D eigenvalue weighted by molar-refractivity contribution is 6.37. The predicted molar refractivity (Wildman–Crippen MR) is 99.5 cm³/mol. The van der Waals surface area contributed by atoms with E-state index < -0.39 is 11.2 Å². The number of hydrogen-bond acceptors (Lipinski definition) is 4. The van der Waals surface area contributed by atoms with E-state index in [2.05, 4.69) is 10.1 Å². The number of aromatic nitrogens is 2. The molecule has 0 aliphatic carbocycles. The number of fused-ring (bicyclic) bond motifs is 1. The van der Waals surface area contributed by atoms with E-state index in [1.807, 2.05) is 6.92 Å². The second-order valence-electron chi connectivity index (χ2n) is 5.08. The molecule has 0 atom stereocenters. The number of aromatic amines is 1. The Balaban J connectivity index is 2.05. The zero-order valence-corrected chi connectivity index (χ0v) is 14.6. The Kier molecular flexibility index (Phi) is 4.92. The van der Waals surface area contributed by atoms with Gasteiger partial charge in [-0.15, -0.1) is 4.68 Å². The fraction of sp³-hybridized carbons (Fsp3) is 0.118. The van der Waals surface area contributed by atoms with Crippen LogP contribution >= 0.6 is 23.2 Å². The van der Waals surface area contributed by atoms with Crippen molar-refractivity contribution in [2.45, 2.75) is 6.92 Å². The fourth-order valence-electron chi connectivity index (χ4n) is 2.32. The minimum atomic E-state index is -0.636. The van der Waals surface area contributed by atoms with E-state index in [1.165, 1.54) is 6.21 Å². The summed E-state index contributed by atoms with van der Waals surface area (Å²) in [7, 11) is 0. The van der Waals surface area contributed by atoms with Crippen molar-refractivity contribution in [1.29, 1.82) is 0 Å². The molecular formula is C17H13Cl2N3O3. The van der Waals surface area contributed by atoms with Crippen molar-refractivity contribution >= 4 is 40.3 Å². The van der Waals surface area contributed by atoms with E-state index in [1.54, 1.807) is 36.4 Å². The maximum absolute atomic E-state index is 12.4. The first-order chi connectivity index (χ1) is 12.0. The van der Waals surface area contributed by atoms with Gasteiger partial charge in [0.2, 0.25) is 0 Å². The molecule has 6 nitrogen and oxygen atoms in total. The van der Waals surface area contributed by atoms with Crippen molar-refractivity contribution in [3.05, 3.63) is 72.8 Å². The number of para-hydroxylation sites is 1. The molecule has 128 valence electrons. The summed E-state index contributed by atoms with van der Waals surface area (Å²) in [4.78, 5) is 27.1. The molecule has 0 aliphatic rings. The molecule has 1 N–H and O–H groups in total. The van der Waals surface area contributed by atoms with Crippen molar-refractivity contribution in [3.8, 4) is 5.75 Å². The summed E-state index contributed by atoms with van der Waals surface area (Å²) in [5, 5.41) is 4.95. The van der Waals surface area contributed by atoms with Gasteiger partial charge >= 0.3 is 5.69 Å². The van der Waals surface area contributed by atoms with Crippen molar-refractivity contribution in [1.82, 2.24) is 9.66 Å². The number of halogens is 2. The van der Waals surface area contributed by atoms with Gasteiger partial charge in [-0.2, -0.15) is 5.10 Å². The third-order valence-corrected chi connectivity index (χ3v) is 3.98. The van der Waals surface area contributed by atoms with Crippen LogP contribution in [0.15, 0.2) is 51.1 Å². The van der Waals surface area contributed by atoms with Gasteiger partial charge in [-0.1, -0.05) is 35.3 Å². The molecule has 1 heterocycles. The highest BCUT2D eigenvalue weighted by Crippen LogP contribution is 2.33. The minimum Gasteiger partial charge on any atom is -0.491 e. The Hall–Kier alpha value is -2.57. The molecule has 0 saturated heterocycles. The third-order valence-electron chi connectivity index (χ3n) is 3.42. The van der Waals surface area contributed by atoms with Crippen molar-refractivity contribution in [3.63, 3.8) is 0 Å². The second kappa shape index (κ2) is 7.13. The van der Waals surface area contributed by atoms with Gasteiger partial charge in [0.1, 0.15) is 0 Å². The van der Waals surface area contributed by atoms with E-state index in [4.69, 9.17) is 27.9 Å². The van der Waals surface area contributed by atoms with Crippen LogP contribution in [0.25, 0.3) is 10.9 Å². The van der Waals surface area contributed by atoms with Crippen LogP contribution in [0.1, 0.15) is 12.5 Å². The summed E-state index contributed by atoms with van der Waals surface area (Å²) < 4.78 is 6.10. The lowest BCUT2D eigenvalue weighted by Crippen LogP contribution is -2.32. The smallest absolute Gasteiger partial charge is 0.349 e. The van der Waals surface area contributed by atoms with E-state index in [-0.39, 0.29) is 0 Å². The first-order valence-corrected chi connectivity index (χ1v) is 8.17. The number of nitrogens with zero attached hydrogens (tertiary/aromatic N) is 2. The largest absolute Gasteiger partial charge is 0.491 e. The molecule has 3 aromatic rings. The third kappa shape index (κ3) is 3.45. The van der Waals surface area contributed by atoms with Crippen LogP contribution in [0, 0.1) is 0 Å². The molecule has 1 aromatic heterocycles. The van der Waals surface area contributed by atoms with Crippen LogP contribution in [-0.4, -0.2) is 22.5 Å². The lowest BCUT2D eigenvalue weighted by molar-refractivity contribution is 0.340. The molecule has 0 fully saturated rings. The Morgan fingerprint density at radius 2 is 1.88 bits per heavy atom. The minimum absolute atomic E-state index is 0.315. The molecule has 0 aliphatic heterocycles. The van der Waals surface area contributed by atoms with E-state index in [0.717, 1.165) is 4.68 Å². The number of ether oxygens (including phenoxy) is 1. The molecule has 25 heavy (non-hydrogen) atoms.